The molecule has 0 aliphatic heterocycles. The Morgan fingerprint density at radius 2 is 1.79 bits per heavy atom. The van der Waals surface area contributed by atoms with Gasteiger partial charge in [-0.15, -0.1) is 11.3 Å². The van der Waals surface area contributed by atoms with E-state index in [1.54, 1.807) is 11.3 Å². The van der Waals surface area contributed by atoms with Crippen molar-refractivity contribution >= 4 is 21.6 Å². The standard InChI is InChI=1S/C24H22N2O2S/c1-15-6-8-16(9-7-15)14-28-18-12-10-17(11-13-18)22-25-23(27)21-19-4-2-3-5-20(19)29-24(21)26-22/h6-13H,2-5,14H2,1H3,(H,25,26,27). The lowest BCUT2D eigenvalue weighted by atomic mass is 9.97. The Balaban J connectivity index is 1.38. The highest BCUT2D eigenvalue weighted by molar-refractivity contribution is 7.18. The molecular formula is C24H22N2O2S. The fraction of sp³-hybridized carbons (Fsp3) is 0.250. The molecule has 146 valence electrons. The monoisotopic (exact) mass is 402 g/mol. The SMILES string of the molecule is Cc1ccc(COc2ccc(-c3nc4sc5c(c4c(=O)[nH]3)CCCC5)cc2)cc1. The second-order valence-corrected chi connectivity index (χ2v) is 8.69. The number of H-pyrrole nitrogens is 1. The molecule has 0 radical (unpaired) electrons. The summed E-state index contributed by atoms with van der Waals surface area (Å²) < 4.78 is 5.88. The summed E-state index contributed by atoms with van der Waals surface area (Å²) in [5.74, 6) is 1.41. The van der Waals surface area contributed by atoms with Gasteiger partial charge in [-0.3, -0.25) is 4.79 Å². The summed E-state index contributed by atoms with van der Waals surface area (Å²) >= 11 is 1.68. The van der Waals surface area contributed by atoms with E-state index in [2.05, 4.69) is 36.2 Å². The zero-order valence-corrected chi connectivity index (χ0v) is 17.1. The molecule has 4 nitrogen and oxygen atoms in total. The number of aromatic amines is 1. The van der Waals surface area contributed by atoms with Crippen LogP contribution in [0.2, 0.25) is 0 Å². The Morgan fingerprint density at radius 3 is 2.59 bits per heavy atom. The minimum atomic E-state index is -0.0240. The van der Waals surface area contributed by atoms with Crippen LogP contribution in [0.5, 0.6) is 5.75 Å². The van der Waals surface area contributed by atoms with Gasteiger partial charge in [-0.1, -0.05) is 29.8 Å². The Hall–Kier alpha value is -2.92. The number of thiophene rings is 1. The van der Waals surface area contributed by atoms with Crippen molar-refractivity contribution in [1.82, 2.24) is 9.97 Å². The van der Waals surface area contributed by atoms with Crippen molar-refractivity contribution in [2.24, 2.45) is 0 Å². The number of rotatable bonds is 4. The van der Waals surface area contributed by atoms with Crippen LogP contribution in [0.15, 0.2) is 53.3 Å². The summed E-state index contributed by atoms with van der Waals surface area (Å²) in [5.41, 5.74) is 4.46. The van der Waals surface area contributed by atoms with Crippen LogP contribution in [0.4, 0.5) is 0 Å². The first-order chi connectivity index (χ1) is 14.2. The first-order valence-electron chi connectivity index (χ1n) is 10.0. The van der Waals surface area contributed by atoms with E-state index in [1.165, 1.54) is 22.4 Å². The average Bonchev–Trinajstić information content (AvgIpc) is 3.13. The molecule has 1 N–H and O–H groups in total. The molecule has 0 bridgehead atoms. The molecule has 1 aliphatic rings. The second-order valence-electron chi connectivity index (χ2n) is 7.60. The van der Waals surface area contributed by atoms with Crippen LogP contribution in [0, 0.1) is 6.92 Å². The predicted molar refractivity (Wildman–Crippen MR) is 118 cm³/mol. The number of hydrogen-bond acceptors (Lipinski definition) is 4. The van der Waals surface area contributed by atoms with Gasteiger partial charge in [-0.25, -0.2) is 4.98 Å². The molecule has 29 heavy (non-hydrogen) atoms. The highest BCUT2D eigenvalue weighted by atomic mass is 32.1. The third-order valence-electron chi connectivity index (χ3n) is 5.48. The van der Waals surface area contributed by atoms with Crippen molar-refractivity contribution in [3.8, 4) is 17.1 Å². The third-order valence-corrected chi connectivity index (χ3v) is 6.66. The molecule has 0 atom stereocenters. The molecule has 2 aromatic carbocycles. The van der Waals surface area contributed by atoms with Crippen molar-refractivity contribution < 1.29 is 4.74 Å². The summed E-state index contributed by atoms with van der Waals surface area (Å²) in [4.78, 5) is 22.7. The second kappa shape index (κ2) is 7.48. The normalized spacial score (nSPS) is 13.4. The van der Waals surface area contributed by atoms with Gasteiger partial charge in [-0.2, -0.15) is 0 Å². The minimum Gasteiger partial charge on any atom is -0.489 e. The van der Waals surface area contributed by atoms with Crippen LogP contribution in [0.1, 0.15) is 34.4 Å². The molecule has 0 fully saturated rings. The number of hydrogen-bond donors (Lipinski definition) is 1. The molecule has 0 unspecified atom stereocenters. The Kier molecular flexibility index (Phi) is 4.68. The fourth-order valence-electron chi connectivity index (χ4n) is 3.86. The van der Waals surface area contributed by atoms with Gasteiger partial charge >= 0.3 is 0 Å². The van der Waals surface area contributed by atoms with Crippen molar-refractivity contribution in [1.29, 1.82) is 0 Å². The molecule has 0 spiro atoms. The van der Waals surface area contributed by atoms with Gasteiger partial charge in [-0.05, 0) is 68.0 Å². The number of fused-ring (bicyclic) bond motifs is 3. The van der Waals surface area contributed by atoms with Crippen molar-refractivity contribution in [2.45, 2.75) is 39.2 Å². The maximum atomic E-state index is 12.7. The largest absolute Gasteiger partial charge is 0.489 e. The maximum absolute atomic E-state index is 12.7. The topological polar surface area (TPSA) is 55.0 Å². The molecule has 5 rings (SSSR count). The van der Waals surface area contributed by atoms with Crippen LogP contribution in [-0.2, 0) is 19.4 Å². The average molecular weight is 403 g/mol. The molecule has 0 saturated heterocycles. The smallest absolute Gasteiger partial charge is 0.260 e. The lowest BCUT2D eigenvalue weighted by molar-refractivity contribution is 0.306. The van der Waals surface area contributed by atoms with Crippen LogP contribution < -0.4 is 10.3 Å². The summed E-state index contributed by atoms with van der Waals surface area (Å²) in [7, 11) is 0. The maximum Gasteiger partial charge on any atom is 0.260 e. The quantitative estimate of drug-likeness (QED) is 0.496. The minimum absolute atomic E-state index is 0.0240. The molecule has 4 aromatic rings. The number of nitrogens with zero attached hydrogens (tertiary/aromatic N) is 1. The Labute approximate surface area is 173 Å². The molecule has 0 amide bonds. The van der Waals surface area contributed by atoms with Gasteiger partial charge in [0.05, 0.1) is 5.39 Å². The van der Waals surface area contributed by atoms with Gasteiger partial charge in [0.1, 0.15) is 23.0 Å². The number of aromatic nitrogens is 2. The Morgan fingerprint density at radius 1 is 1.03 bits per heavy atom. The van der Waals surface area contributed by atoms with Crippen LogP contribution >= 0.6 is 11.3 Å². The molecule has 2 heterocycles. The lowest BCUT2D eigenvalue weighted by Gasteiger charge is -2.09. The summed E-state index contributed by atoms with van der Waals surface area (Å²) in [5, 5.41) is 0.798. The first kappa shape index (κ1) is 18.1. The molecule has 2 aromatic heterocycles. The number of ether oxygens (including phenoxy) is 1. The highest BCUT2D eigenvalue weighted by Gasteiger charge is 2.20. The summed E-state index contributed by atoms with van der Waals surface area (Å²) in [6.07, 6.45) is 4.42. The molecule has 5 heteroatoms. The summed E-state index contributed by atoms with van der Waals surface area (Å²) in [6.45, 7) is 2.60. The van der Waals surface area contributed by atoms with Crippen molar-refractivity contribution in [3.05, 3.63) is 80.5 Å². The molecular weight excluding hydrogens is 380 g/mol. The van der Waals surface area contributed by atoms with Gasteiger partial charge in [0.15, 0.2) is 0 Å². The number of benzene rings is 2. The van der Waals surface area contributed by atoms with E-state index in [0.717, 1.165) is 46.4 Å². The van der Waals surface area contributed by atoms with E-state index < -0.39 is 0 Å². The highest BCUT2D eigenvalue weighted by Crippen LogP contribution is 2.34. The van der Waals surface area contributed by atoms with E-state index >= 15 is 0 Å². The fourth-order valence-corrected chi connectivity index (χ4v) is 5.12. The van der Waals surface area contributed by atoms with Crippen molar-refractivity contribution in [2.75, 3.05) is 0 Å². The zero-order valence-electron chi connectivity index (χ0n) is 16.3. The molecule has 1 aliphatic carbocycles. The lowest BCUT2D eigenvalue weighted by Crippen LogP contribution is -2.11. The van der Waals surface area contributed by atoms with Gasteiger partial charge in [0.2, 0.25) is 0 Å². The van der Waals surface area contributed by atoms with Crippen LogP contribution in [0.25, 0.3) is 21.6 Å². The number of aryl methyl sites for hydroxylation is 3. The van der Waals surface area contributed by atoms with Gasteiger partial charge < -0.3 is 9.72 Å². The third kappa shape index (κ3) is 3.58. The van der Waals surface area contributed by atoms with Gasteiger partial charge in [0, 0.05) is 10.4 Å². The zero-order chi connectivity index (χ0) is 19.8. The predicted octanol–water partition coefficient (Wildman–Crippen LogP) is 5.42. The van der Waals surface area contributed by atoms with Crippen LogP contribution in [0.3, 0.4) is 0 Å². The van der Waals surface area contributed by atoms with E-state index in [1.807, 2.05) is 24.3 Å². The molecule has 0 saturated carbocycles. The van der Waals surface area contributed by atoms with E-state index in [0.29, 0.717) is 12.4 Å². The van der Waals surface area contributed by atoms with E-state index in [-0.39, 0.29) is 5.56 Å². The first-order valence-corrected chi connectivity index (χ1v) is 10.8. The van der Waals surface area contributed by atoms with E-state index in [9.17, 15) is 4.79 Å². The summed E-state index contributed by atoms with van der Waals surface area (Å²) in [6, 6.07) is 16.1. The van der Waals surface area contributed by atoms with Crippen molar-refractivity contribution in [3.63, 3.8) is 0 Å². The Bertz CT molecular complexity index is 1220. The number of nitrogens with one attached hydrogen (secondary N) is 1. The van der Waals surface area contributed by atoms with Crippen LogP contribution in [-0.4, -0.2) is 9.97 Å². The van der Waals surface area contributed by atoms with Gasteiger partial charge in [0.25, 0.3) is 5.56 Å². The van der Waals surface area contributed by atoms with E-state index in [4.69, 9.17) is 9.72 Å².